The second kappa shape index (κ2) is 6.09. The van der Waals surface area contributed by atoms with E-state index in [9.17, 15) is 0 Å². The zero-order valence-electron chi connectivity index (χ0n) is 10.8. The molecular formula is C12H21N3S. The molecule has 0 N–H and O–H groups in total. The molecule has 0 unspecified atom stereocenters. The van der Waals surface area contributed by atoms with Crippen molar-refractivity contribution in [3.8, 4) is 0 Å². The average Bonchev–Trinajstić information content (AvgIpc) is 2.23. The highest BCUT2D eigenvalue weighted by molar-refractivity contribution is 7.98. The Morgan fingerprint density at radius 3 is 2.38 bits per heavy atom. The number of nitrogens with zero attached hydrogens (tertiary/aromatic N) is 3. The van der Waals surface area contributed by atoms with E-state index in [0.717, 1.165) is 23.8 Å². The van der Waals surface area contributed by atoms with Gasteiger partial charge in [-0.25, -0.2) is 9.97 Å². The zero-order chi connectivity index (χ0) is 12.1. The van der Waals surface area contributed by atoms with Crippen molar-refractivity contribution in [3.63, 3.8) is 0 Å². The summed E-state index contributed by atoms with van der Waals surface area (Å²) in [6.45, 7) is 6.24. The molecule has 0 radical (unpaired) electrons. The summed E-state index contributed by atoms with van der Waals surface area (Å²) in [4.78, 5) is 11.1. The van der Waals surface area contributed by atoms with Crippen molar-refractivity contribution < 1.29 is 0 Å². The molecule has 90 valence electrons. The number of hydrogen-bond donors (Lipinski definition) is 0. The van der Waals surface area contributed by atoms with Crippen LogP contribution in [-0.4, -0.2) is 35.1 Å². The quantitative estimate of drug-likeness (QED) is 0.790. The Balaban J connectivity index is 2.74. The number of anilines is 1. The second-order valence-electron chi connectivity index (χ2n) is 4.19. The van der Waals surface area contributed by atoms with Crippen molar-refractivity contribution in [1.82, 2.24) is 9.97 Å². The molecule has 0 spiro atoms. The molecule has 1 heterocycles. The molecular weight excluding hydrogens is 218 g/mol. The Bertz CT molecular complexity index is 321. The first-order valence-corrected chi connectivity index (χ1v) is 6.98. The molecule has 1 aromatic rings. The van der Waals surface area contributed by atoms with Crippen LogP contribution in [0.5, 0.6) is 0 Å². The van der Waals surface area contributed by atoms with Gasteiger partial charge in [-0.1, -0.05) is 0 Å². The molecule has 0 fully saturated rings. The minimum atomic E-state index is 0.480. The fourth-order valence-corrected chi connectivity index (χ4v) is 2.12. The number of aromatic nitrogens is 2. The fourth-order valence-electron chi connectivity index (χ4n) is 1.54. The van der Waals surface area contributed by atoms with Crippen LogP contribution < -0.4 is 4.90 Å². The molecule has 0 aromatic carbocycles. The third-order valence-corrected chi connectivity index (χ3v) is 3.33. The van der Waals surface area contributed by atoms with Crippen LogP contribution in [-0.2, 0) is 0 Å². The monoisotopic (exact) mass is 239 g/mol. The van der Waals surface area contributed by atoms with Crippen molar-refractivity contribution in [3.05, 3.63) is 17.5 Å². The van der Waals surface area contributed by atoms with Crippen molar-refractivity contribution in [2.24, 2.45) is 0 Å². The highest BCUT2D eigenvalue weighted by Gasteiger charge is 2.12. The van der Waals surface area contributed by atoms with E-state index in [1.165, 1.54) is 5.75 Å². The van der Waals surface area contributed by atoms with Gasteiger partial charge in [0.05, 0.1) is 0 Å². The number of thioether (sulfide) groups is 1. The lowest BCUT2D eigenvalue weighted by atomic mass is 10.2. The first-order valence-electron chi connectivity index (χ1n) is 5.58. The Morgan fingerprint density at radius 1 is 1.31 bits per heavy atom. The Kier molecular flexibility index (Phi) is 5.06. The molecule has 0 aliphatic carbocycles. The molecule has 0 bridgehead atoms. The second-order valence-corrected chi connectivity index (χ2v) is 5.18. The van der Waals surface area contributed by atoms with Crippen LogP contribution >= 0.6 is 11.8 Å². The molecule has 0 aliphatic heterocycles. The summed E-state index contributed by atoms with van der Waals surface area (Å²) in [5.41, 5.74) is 2.07. The van der Waals surface area contributed by atoms with E-state index < -0.39 is 0 Å². The normalized spacial score (nSPS) is 12.6. The predicted octanol–water partition coefficient (Wildman–Crippen LogP) is 2.67. The standard InChI is InChI=1S/C12H21N3S/c1-9-8-10(2)14-12(13-9)15(4)11(3)6-7-16-5/h8,11H,6-7H2,1-5H3/t11-/m1/s1. The highest BCUT2D eigenvalue weighted by atomic mass is 32.2. The van der Waals surface area contributed by atoms with E-state index in [2.05, 4.69) is 35.1 Å². The third-order valence-electron chi connectivity index (χ3n) is 2.69. The smallest absolute Gasteiger partial charge is 0.225 e. The van der Waals surface area contributed by atoms with Gasteiger partial charge in [0.25, 0.3) is 0 Å². The summed E-state index contributed by atoms with van der Waals surface area (Å²) in [5.74, 6) is 2.02. The maximum Gasteiger partial charge on any atom is 0.225 e. The SMILES string of the molecule is CSCC[C@@H](C)N(C)c1nc(C)cc(C)n1. The van der Waals surface area contributed by atoms with Crippen LogP contribution in [0.25, 0.3) is 0 Å². The molecule has 0 aliphatic rings. The first kappa shape index (κ1) is 13.3. The molecule has 0 saturated carbocycles. The van der Waals surface area contributed by atoms with Gasteiger partial charge in [-0.05, 0) is 45.3 Å². The number of hydrogen-bond acceptors (Lipinski definition) is 4. The minimum Gasteiger partial charge on any atom is -0.341 e. The average molecular weight is 239 g/mol. The van der Waals surface area contributed by atoms with Gasteiger partial charge in [-0.3, -0.25) is 0 Å². The highest BCUT2D eigenvalue weighted by Crippen LogP contribution is 2.14. The van der Waals surface area contributed by atoms with Crippen molar-refractivity contribution in [1.29, 1.82) is 0 Å². The Hall–Kier alpha value is -0.770. The lowest BCUT2D eigenvalue weighted by Crippen LogP contribution is -2.31. The van der Waals surface area contributed by atoms with Gasteiger partial charge in [0.15, 0.2) is 0 Å². The minimum absolute atomic E-state index is 0.480. The Labute approximate surface area is 103 Å². The third kappa shape index (κ3) is 3.67. The molecule has 1 aromatic heterocycles. The fraction of sp³-hybridized carbons (Fsp3) is 0.667. The topological polar surface area (TPSA) is 29.0 Å². The van der Waals surface area contributed by atoms with E-state index in [-0.39, 0.29) is 0 Å². The maximum absolute atomic E-state index is 4.47. The van der Waals surface area contributed by atoms with E-state index in [0.29, 0.717) is 6.04 Å². The Morgan fingerprint density at radius 2 is 1.88 bits per heavy atom. The molecule has 4 heteroatoms. The summed E-state index contributed by atoms with van der Waals surface area (Å²) in [6, 6.07) is 2.48. The molecule has 1 rings (SSSR count). The van der Waals surface area contributed by atoms with Gasteiger partial charge in [-0.15, -0.1) is 0 Å². The van der Waals surface area contributed by atoms with Gasteiger partial charge < -0.3 is 4.90 Å². The molecule has 0 saturated heterocycles. The van der Waals surface area contributed by atoms with Gasteiger partial charge in [0.2, 0.25) is 5.95 Å². The maximum atomic E-state index is 4.47. The van der Waals surface area contributed by atoms with E-state index in [4.69, 9.17) is 0 Å². The molecule has 0 amide bonds. The lowest BCUT2D eigenvalue weighted by Gasteiger charge is -2.25. The molecule has 16 heavy (non-hydrogen) atoms. The van der Waals surface area contributed by atoms with Crippen LogP contribution in [0, 0.1) is 13.8 Å². The van der Waals surface area contributed by atoms with Gasteiger partial charge in [-0.2, -0.15) is 11.8 Å². The first-order chi connectivity index (χ1) is 7.54. The number of aryl methyl sites for hydroxylation is 2. The summed E-state index contributed by atoms with van der Waals surface area (Å²) in [7, 11) is 2.07. The van der Waals surface area contributed by atoms with E-state index in [1.54, 1.807) is 0 Å². The summed E-state index contributed by atoms with van der Waals surface area (Å²) < 4.78 is 0. The largest absolute Gasteiger partial charge is 0.341 e. The van der Waals surface area contributed by atoms with Crippen LogP contribution in [0.1, 0.15) is 24.7 Å². The van der Waals surface area contributed by atoms with E-state index >= 15 is 0 Å². The lowest BCUT2D eigenvalue weighted by molar-refractivity contribution is 0.651. The van der Waals surface area contributed by atoms with Crippen LogP contribution in [0.2, 0.25) is 0 Å². The zero-order valence-corrected chi connectivity index (χ0v) is 11.6. The van der Waals surface area contributed by atoms with Gasteiger partial charge in [0.1, 0.15) is 0 Å². The van der Waals surface area contributed by atoms with Gasteiger partial charge in [0, 0.05) is 24.5 Å². The molecule has 3 nitrogen and oxygen atoms in total. The van der Waals surface area contributed by atoms with Crippen LogP contribution in [0.3, 0.4) is 0 Å². The van der Waals surface area contributed by atoms with Crippen molar-refractivity contribution in [2.45, 2.75) is 33.2 Å². The van der Waals surface area contributed by atoms with Crippen LogP contribution in [0.15, 0.2) is 6.07 Å². The summed E-state index contributed by atoms with van der Waals surface area (Å²) in [6.07, 6.45) is 3.30. The summed E-state index contributed by atoms with van der Waals surface area (Å²) >= 11 is 1.88. The summed E-state index contributed by atoms with van der Waals surface area (Å²) in [5, 5.41) is 0. The van der Waals surface area contributed by atoms with Crippen molar-refractivity contribution in [2.75, 3.05) is 24.0 Å². The predicted molar refractivity (Wildman–Crippen MR) is 72.4 cm³/mol. The van der Waals surface area contributed by atoms with E-state index in [1.807, 2.05) is 31.7 Å². The number of rotatable bonds is 5. The van der Waals surface area contributed by atoms with Gasteiger partial charge >= 0.3 is 0 Å². The molecule has 1 atom stereocenters. The van der Waals surface area contributed by atoms with Crippen molar-refractivity contribution >= 4 is 17.7 Å². The van der Waals surface area contributed by atoms with Crippen LogP contribution in [0.4, 0.5) is 5.95 Å².